The van der Waals surface area contributed by atoms with E-state index in [0.29, 0.717) is 18.7 Å². The molecule has 2 aromatic rings. The lowest BCUT2D eigenvalue weighted by Crippen LogP contribution is -2.28. The average Bonchev–Trinajstić information content (AvgIpc) is 2.53. The lowest BCUT2D eigenvalue weighted by molar-refractivity contribution is -0.142. The topological polar surface area (TPSA) is 79.5 Å². The van der Waals surface area contributed by atoms with Gasteiger partial charge in [-0.3, -0.25) is 14.7 Å². The van der Waals surface area contributed by atoms with Crippen molar-refractivity contribution in [1.82, 2.24) is 9.88 Å². The zero-order valence-electron chi connectivity index (χ0n) is 15.1. The van der Waals surface area contributed by atoms with Gasteiger partial charge in [-0.1, -0.05) is 26.0 Å². The molecule has 0 unspecified atom stereocenters. The summed E-state index contributed by atoms with van der Waals surface area (Å²) >= 11 is 0. The smallest absolute Gasteiger partial charge is 0.433 e. The Hall–Kier alpha value is -2.61. The van der Waals surface area contributed by atoms with Crippen LogP contribution < -0.4 is 5.73 Å². The maximum absolute atomic E-state index is 13.2. The molecule has 3 N–H and O–H groups in total. The maximum atomic E-state index is 13.2. The fourth-order valence-electron chi connectivity index (χ4n) is 2.91. The minimum atomic E-state index is -4.53. The number of carbonyl (C=O) groups excluding carboxylic acids is 1. The summed E-state index contributed by atoms with van der Waals surface area (Å²) in [6, 6.07) is 7.33. The first kappa shape index (κ1) is 20.7. The van der Waals surface area contributed by atoms with E-state index in [1.54, 1.807) is 6.07 Å². The number of pyridine rings is 1. The van der Waals surface area contributed by atoms with Gasteiger partial charge in [0.25, 0.3) is 5.91 Å². The largest absolute Gasteiger partial charge is 0.507 e. The van der Waals surface area contributed by atoms with Gasteiger partial charge >= 0.3 is 6.18 Å². The molecule has 0 fully saturated rings. The van der Waals surface area contributed by atoms with Crippen LogP contribution in [-0.4, -0.2) is 27.4 Å². The van der Waals surface area contributed by atoms with Gasteiger partial charge in [-0.05, 0) is 35.2 Å². The molecular weight excluding hydrogens is 359 g/mol. The Morgan fingerprint density at radius 3 is 2.52 bits per heavy atom. The summed E-state index contributed by atoms with van der Waals surface area (Å²) in [5.41, 5.74) is 5.02. The highest BCUT2D eigenvalue weighted by atomic mass is 19.4. The van der Waals surface area contributed by atoms with Crippen molar-refractivity contribution in [3.8, 4) is 5.75 Å². The molecule has 8 heteroatoms. The third-order valence-corrected chi connectivity index (χ3v) is 3.91. The van der Waals surface area contributed by atoms with Crippen molar-refractivity contribution in [2.45, 2.75) is 33.1 Å². The van der Waals surface area contributed by atoms with Crippen molar-refractivity contribution in [1.29, 1.82) is 0 Å². The zero-order valence-corrected chi connectivity index (χ0v) is 15.1. The van der Waals surface area contributed by atoms with Crippen molar-refractivity contribution in [2.24, 2.45) is 11.7 Å². The molecule has 146 valence electrons. The van der Waals surface area contributed by atoms with E-state index in [1.807, 2.05) is 18.7 Å². The van der Waals surface area contributed by atoms with Crippen LogP contribution in [0.15, 0.2) is 36.5 Å². The van der Waals surface area contributed by atoms with Crippen molar-refractivity contribution in [2.75, 3.05) is 6.54 Å². The maximum Gasteiger partial charge on any atom is 0.433 e. The number of aromatic nitrogens is 1. The third kappa shape index (κ3) is 5.68. The Morgan fingerprint density at radius 2 is 1.96 bits per heavy atom. The molecule has 0 aliphatic rings. The van der Waals surface area contributed by atoms with Crippen LogP contribution in [0.5, 0.6) is 5.75 Å². The minimum absolute atomic E-state index is 0.000719. The minimum Gasteiger partial charge on any atom is -0.507 e. The van der Waals surface area contributed by atoms with E-state index in [9.17, 15) is 23.1 Å². The second kappa shape index (κ2) is 8.39. The number of carbonyl (C=O) groups is 1. The van der Waals surface area contributed by atoms with Gasteiger partial charge in [0.1, 0.15) is 11.4 Å². The van der Waals surface area contributed by atoms with Crippen molar-refractivity contribution in [3.05, 3.63) is 58.9 Å². The number of alkyl halides is 3. The first-order valence-electron chi connectivity index (χ1n) is 8.43. The molecule has 0 aliphatic heterocycles. The first-order chi connectivity index (χ1) is 12.6. The highest BCUT2D eigenvalue weighted by Crippen LogP contribution is 2.31. The molecule has 27 heavy (non-hydrogen) atoms. The van der Waals surface area contributed by atoms with Gasteiger partial charge in [-0.25, -0.2) is 0 Å². The summed E-state index contributed by atoms with van der Waals surface area (Å²) in [6.07, 6.45) is -3.40. The highest BCUT2D eigenvalue weighted by Gasteiger charge is 2.35. The lowest BCUT2D eigenvalue weighted by atomic mass is 10.1. The summed E-state index contributed by atoms with van der Waals surface area (Å²) in [5, 5.41) is 9.92. The number of benzene rings is 1. The van der Waals surface area contributed by atoms with E-state index < -0.39 is 17.8 Å². The Bertz CT molecular complexity index is 807. The van der Waals surface area contributed by atoms with Gasteiger partial charge in [0.05, 0.1) is 5.56 Å². The van der Waals surface area contributed by atoms with Crippen LogP contribution in [0.3, 0.4) is 0 Å². The second-order valence-electron chi connectivity index (χ2n) is 6.79. The summed E-state index contributed by atoms with van der Waals surface area (Å²) in [4.78, 5) is 16.5. The van der Waals surface area contributed by atoms with Gasteiger partial charge in [0.15, 0.2) is 0 Å². The number of rotatable bonds is 7. The number of primary amides is 1. The van der Waals surface area contributed by atoms with Crippen LogP contribution in [-0.2, 0) is 19.3 Å². The van der Waals surface area contributed by atoms with Gasteiger partial charge in [0.2, 0.25) is 0 Å². The molecule has 0 aliphatic carbocycles. The average molecular weight is 381 g/mol. The number of amides is 1. The van der Waals surface area contributed by atoms with Gasteiger partial charge < -0.3 is 10.8 Å². The molecule has 2 rings (SSSR count). The number of hydrogen-bond donors (Lipinski definition) is 2. The molecule has 1 aromatic carbocycles. The zero-order chi connectivity index (χ0) is 20.2. The Balaban J connectivity index is 2.27. The lowest BCUT2D eigenvalue weighted by Gasteiger charge is -2.25. The van der Waals surface area contributed by atoms with E-state index in [4.69, 9.17) is 5.73 Å². The van der Waals surface area contributed by atoms with Crippen molar-refractivity contribution in [3.63, 3.8) is 0 Å². The van der Waals surface area contributed by atoms with Crippen molar-refractivity contribution < 1.29 is 23.1 Å². The SMILES string of the molecule is CC(C)CN(Cc1ccc(C(N)=O)c(O)c1)Cc1cccnc1C(F)(F)F. The van der Waals surface area contributed by atoms with E-state index in [-0.39, 0.29) is 29.3 Å². The summed E-state index contributed by atoms with van der Waals surface area (Å²) in [6.45, 7) is 4.84. The standard InChI is InChI=1S/C19H22F3N3O2/c1-12(2)9-25(10-13-5-6-15(18(23)27)16(26)8-13)11-14-4-3-7-24-17(14)19(20,21)22/h3-8,12,26H,9-11H2,1-2H3,(H2,23,27). The molecule has 0 atom stereocenters. The van der Waals surface area contributed by atoms with Crippen LogP contribution >= 0.6 is 0 Å². The van der Waals surface area contributed by atoms with E-state index in [0.717, 1.165) is 6.20 Å². The number of nitrogens with two attached hydrogens (primary N) is 1. The molecule has 1 amide bonds. The molecule has 0 radical (unpaired) electrons. The molecular formula is C19H22F3N3O2. The predicted octanol–water partition coefficient (Wildman–Crippen LogP) is 3.56. The Morgan fingerprint density at radius 1 is 1.26 bits per heavy atom. The van der Waals surface area contributed by atoms with E-state index in [2.05, 4.69) is 4.98 Å². The third-order valence-electron chi connectivity index (χ3n) is 3.91. The normalized spacial score (nSPS) is 12.0. The van der Waals surface area contributed by atoms with Crippen LogP contribution in [0, 0.1) is 5.92 Å². The molecule has 0 spiro atoms. The summed E-state index contributed by atoms with van der Waals surface area (Å²) < 4.78 is 39.6. The van der Waals surface area contributed by atoms with Gasteiger partial charge in [-0.2, -0.15) is 13.2 Å². The molecule has 5 nitrogen and oxygen atoms in total. The Labute approximate surface area is 155 Å². The summed E-state index contributed by atoms with van der Waals surface area (Å²) in [5.74, 6) is -0.778. The number of hydrogen-bond acceptors (Lipinski definition) is 4. The fourth-order valence-corrected chi connectivity index (χ4v) is 2.91. The molecule has 1 heterocycles. The van der Waals surface area contributed by atoms with Crippen LogP contribution in [0.2, 0.25) is 0 Å². The van der Waals surface area contributed by atoms with Crippen molar-refractivity contribution >= 4 is 5.91 Å². The van der Waals surface area contributed by atoms with E-state index >= 15 is 0 Å². The molecule has 1 aromatic heterocycles. The number of aromatic hydroxyl groups is 1. The summed E-state index contributed by atoms with van der Waals surface area (Å²) in [7, 11) is 0. The first-order valence-corrected chi connectivity index (χ1v) is 8.43. The fraction of sp³-hybridized carbons (Fsp3) is 0.368. The molecule has 0 bridgehead atoms. The van der Waals surface area contributed by atoms with Crippen LogP contribution in [0.1, 0.15) is 41.0 Å². The Kier molecular flexibility index (Phi) is 6.43. The predicted molar refractivity (Wildman–Crippen MR) is 94.8 cm³/mol. The second-order valence-corrected chi connectivity index (χ2v) is 6.79. The molecule has 0 saturated heterocycles. The van der Waals surface area contributed by atoms with Crippen LogP contribution in [0.25, 0.3) is 0 Å². The monoisotopic (exact) mass is 381 g/mol. The van der Waals surface area contributed by atoms with Crippen LogP contribution in [0.4, 0.5) is 13.2 Å². The molecule has 0 saturated carbocycles. The number of phenols is 1. The number of halogens is 3. The van der Waals surface area contributed by atoms with E-state index in [1.165, 1.54) is 24.3 Å². The van der Waals surface area contributed by atoms with Gasteiger partial charge in [0, 0.05) is 25.8 Å². The number of nitrogens with zero attached hydrogens (tertiary/aromatic N) is 2. The van der Waals surface area contributed by atoms with Gasteiger partial charge in [-0.15, -0.1) is 0 Å². The quantitative estimate of drug-likeness (QED) is 0.769. The highest BCUT2D eigenvalue weighted by molar-refractivity contribution is 5.95.